The Kier molecular flexibility index (Phi) is 4.62. The number of halogens is 1. The molecule has 10 nitrogen and oxygen atoms in total. The molecule has 1 amide bonds. The third kappa shape index (κ3) is 3.40. The average Bonchev–Trinajstić information content (AvgIpc) is 3.32. The number of carbonyl (C=O) groups is 1. The molecule has 3 aromatic rings. The largest absolute Gasteiger partial charge is 0.391 e. The number of rotatable bonds is 6. The lowest BCUT2D eigenvalue weighted by molar-refractivity contribution is 0.0448. The van der Waals surface area contributed by atoms with Crippen LogP contribution in [0.4, 0.5) is 21.7 Å². The minimum atomic E-state index is -1.000. The van der Waals surface area contributed by atoms with Gasteiger partial charge in [-0.25, -0.2) is 9.37 Å². The molecule has 2 aliphatic rings. The van der Waals surface area contributed by atoms with Gasteiger partial charge in [0.15, 0.2) is 5.65 Å². The molecule has 4 N–H and O–H groups in total. The first-order valence-electron chi connectivity index (χ1n) is 10.1. The maximum atomic E-state index is 13.4. The van der Waals surface area contributed by atoms with Gasteiger partial charge in [-0.2, -0.15) is 9.61 Å². The molecule has 2 aliphatic carbocycles. The predicted octanol–water partition coefficient (Wildman–Crippen LogP) is 1.21. The number of hydrogen-bond donors (Lipinski definition) is 4. The number of anilines is 3. The third-order valence-electron chi connectivity index (χ3n) is 5.80. The van der Waals surface area contributed by atoms with Gasteiger partial charge in [0, 0.05) is 25.7 Å². The summed E-state index contributed by atoms with van der Waals surface area (Å²) in [4.78, 5) is 29.9. The van der Waals surface area contributed by atoms with Crippen LogP contribution in [0.15, 0.2) is 35.4 Å². The van der Waals surface area contributed by atoms with E-state index in [9.17, 15) is 19.1 Å². The number of amides is 1. The van der Waals surface area contributed by atoms with E-state index in [1.807, 2.05) is 0 Å². The van der Waals surface area contributed by atoms with Crippen molar-refractivity contribution in [1.82, 2.24) is 24.5 Å². The Balaban J connectivity index is 1.48. The highest BCUT2D eigenvalue weighted by Crippen LogP contribution is 2.37. The standard InChI is InChI=1S/C20H22FN7O3/c1-22-17-8-16(24-13-3-2-6-27(20(13)31)14-7-11(14)21)26-18-10(9-23-28(17)18)19(30)25-12-4-5-15(12)29/h2-3,6,8-9,11-12,14-15,22,29H,4-5,7H2,1H3,(H,24,26)(H,25,30)/t11-,12?,14-,15?/m0/s1. The molecule has 3 heterocycles. The normalized spacial score (nSPS) is 24.5. The molecule has 0 spiro atoms. The summed E-state index contributed by atoms with van der Waals surface area (Å²) in [6, 6.07) is 4.22. The van der Waals surface area contributed by atoms with E-state index in [0.29, 0.717) is 30.1 Å². The van der Waals surface area contributed by atoms with Gasteiger partial charge in [0.05, 0.1) is 24.4 Å². The number of nitrogens with one attached hydrogen (secondary N) is 3. The monoisotopic (exact) mass is 427 g/mol. The quantitative estimate of drug-likeness (QED) is 0.466. The summed E-state index contributed by atoms with van der Waals surface area (Å²) in [6.07, 6.45) is 3.16. The zero-order valence-corrected chi connectivity index (χ0v) is 16.7. The third-order valence-corrected chi connectivity index (χ3v) is 5.80. The number of hydrogen-bond acceptors (Lipinski definition) is 7. The molecule has 0 aromatic carbocycles. The summed E-state index contributed by atoms with van der Waals surface area (Å²) in [5, 5.41) is 22.7. The lowest BCUT2D eigenvalue weighted by Crippen LogP contribution is -2.50. The van der Waals surface area contributed by atoms with Crippen LogP contribution in [0.1, 0.15) is 35.7 Å². The van der Waals surface area contributed by atoms with Crippen molar-refractivity contribution in [3.8, 4) is 0 Å². The molecular formula is C20H22FN7O3. The van der Waals surface area contributed by atoms with Crippen LogP contribution in [-0.4, -0.2) is 55.5 Å². The maximum absolute atomic E-state index is 13.4. The minimum absolute atomic E-state index is 0.253. The fourth-order valence-corrected chi connectivity index (χ4v) is 3.71. The van der Waals surface area contributed by atoms with E-state index in [1.54, 1.807) is 31.4 Å². The van der Waals surface area contributed by atoms with Crippen molar-refractivity contribution in [2.45, 2.75) is 43.6 Å². The Morgan fingerprint density at radius 3 is 2.81 bits per heavy atom. The summed E-state index contributed by atoms with van der Waals surface area (Å²) < 4.78 is 16.3. The van der Waals surface area contributed by atoms with E-state index in [0.717, 1.165) is 6.42 Å². The highest BCUT2D eigenvalue weighted by atomic mass is 19.1. The first-order chi connectivity index (χ1) is 15.0. The maximum Gasteiger partial charge on any atom is 0.274 e. The van der Waals surface area contributed by atoms with Gasteiger partial charge in [0.1, 0.15) is 29.1 Å². The molecule has 0 aliphatic heterocycles. The van der Waals surface area contributed by atoms with Crippen molar-refractivity contribution < 1.29 is 14.3 Å². The molecule has 31 heavy (non-hydrogen) atoms. The van der Waals surface area contributed by atoms with Crippen molar-refractivity contribution in [2.24, 2.45) is 0 Å². The highest BCUT2D eigenvalue weighted by Gasteiger charge is 2.39. The second-order valence-electron chi connectivity index (χ2n) is 7.87. The fourth-order valence-electron chi connectivity index (χ4n) is 3.71. The van der Waals surface area contributed by atoms with E-state index in [2.05, 4.69) is 26.0 Å². The number of nitrogens with zero attached hydrogens (tertiary/aromatic N) is 4. The first-order valence-corrected chi connectivity index (χ1v) is 10.1. The zero-order valence-electron chi connectivity index (χ0n) is 16.7. The fraction of sp³-hybridized carbons (Fsp3) is 0.400. The van der Waals surface area contributed by atoms with E-state index in [4.69, 9.17) is 0 Å². The van der Waals surface area contributed by atoms with Crippen LogP contribution >= 0.6 is 0 Å². The molecule has 0 radical (unpaired) electrons. The number of aliphatic hydroxyl groups is 1. The molecule has 11 heteroatoms. The van der Waals surface area contributed by atoms with Crippen LogP contribution in [0, 0.1) is 0 Å². The molecule has 5 rings (SSSR count). The summed E-state index contributed by atoms with van der Waals surface area (Å²) in [5.41, 5.74) is 0.459. The number of pyridine rings is 1. The topological polar surface area (TPSA) is 126 Å². The van der Waals surface area contributed by atoms with Crippen LogP contribution in [0.3, 0.4) is 0 Å². The van der Waals surface area contributed by atoms with E-state index in [1.165, 1.54) is 15.3 Å². The average molecular weight is 427 g/mol. The van der Waals surface area contributed by atoms with Crippen LogP contribution < -0.4 is 21.5 Å². The van der Waals surface area contributed by atoms with Crippen molar-refractivity contribution in [3.63, 3.8) is 0 Å². The minimum Gasteiger partial charge on any atom is -0.391 e. The Hall–Kier alpha value is -3.47. The second-order valence-corrected chi connectivity index (χ2v) is 7.87. The molecule has 4 atom stereocenters. The summed E-state index contributed by atoms with van der Waals surface area (Å²) in [6.45, 7) is 0. The molecule has 3 aromatic heterocycles. The highest BCUT2D eigenvalue weighted by molar-refractivity contribution is 6.00. The van der Waals surface area contributed by atoms with E-state index >= 15 is 0 Å². The van der Waals surface area contributed by atoms with Crippen LogP contribution in [0.25, 0.3) is 5.65 Å². The van der Waals surface area contributed by atoms with Gasteiger partial charge in [0.25, 0.3) is 11.5 Å². The number of carbonyl (C=O) groups excluding carboxylic acids is 1. The van der Waals surface area contributed by atoms with Gasteiger partial charge in [-0.05, 0) is 25.0 Å². The van der Waals surface area contributed by atoms with Crippen molar-refractivity contribution >= 4 is 28.9 Å². The van der Waals surface area contributed by atoms with Crippen molar-refractivity contribution in [1.29, 1.82) is 0 Å². The molecule has 162 valence electrons. The van der Waals surface area contributed by atoms with Gasteiger partial charge in [-0.15, -0.1) is 0 Å². The molecule has 2 unspecified atom stereocenters. The van der Waals surface area contributed by atoms with Gasteiger partial charge >= 0.3 is 0 Å². The number of alkyl halides is 1. The molecular weight excluding hydrogens is 405 g/mol. The van der Waals surface area contributed by atoms with Gasteiger partial charge in [0.2, 0.25) is 0 Å². The Morgan fingerprint density at radius 1 is 1.35 bits per heavy atom. The Morgan fingerprint density at radius 2 is 2.16 bits per heavy atom. The summed E-state index contributed by atoms with van der Waals surface area (Å²) >= 11 is 0. The first kappa shape index (κ1) is 19.5. The van der Waals surface area contributed by atoms with Gasteiger partial charge in [-0.3, -0.25) is 9.59 Å². The smallest absolute Gasteiger partial charge is 0.274 e. The molecule has 0 saturated heterocycles. The predicted molar refractivity (Wildman–Crippen MR) is 112 cm³/mol. The van der Waals surface area contributed by atoms with Crippen LogP contribution in [0.5, 0.6) is 0 Å². The van der Waals surface area contributed by atoms with Crippen LogP contribution in [0.2, 0.25) is 0 Å². The number of aliphatic hydroxyl groups excluding tert-OH is 1. The zero-order chi connectivity index (χ0) is 21.7. The number of aromatic nitrogens is 4. The summed E-state index contributed by atoms with van der Waals surface area (Å²) in [5.74, 6) is 0.505. The summed E-state index contributed by atoms with van der Waals surface area (Å²) in [7, 11) is 1.70. The van der Waals surface area contributed by atoms with E-state index in [-0.39, 0.29) is 28.8 Å². The Labute approximate surface area is 176 Å². The molecule has 2 saturated carbocycles. The van der Waals surface area contributed by atoms with Crippen molar-refractivity contribution in [3.05, 3.63) is 46.5 Å². The van der Waals surface area contributed by atoms with Crippen molar-refractivity contribution in [2.75, 3.05) is 17.7 Å². The molecule has 2 fully saturated rings. The van der Waals surface area contributed by atoms with E-state index < -0.39 is 18.3 Å². The lowest BCUT2D eigenvalue weighted by atomic mass is 9.89. The lowest BCUT2D eigenvalue weighted by Gasteiger charge is -2.32. The van der Waals surface area contributed by atoms with Gasteiger partial charge < -0.3 is 25.6 Å². The number of fused-ring (bicyclic) bond motifs is 1. The SMILES string of the molecule is CNc1cc(Nc2cccn([C@H]3C[C@@H]3F)c2=O)nc2c(C(=O)NC3CCC3O)cnn12. The molecule has 0 bridgehead atoms. The second kappa shape index (κ2) is 7.34. The Bertz CT molecular complexity index is 1220. The van der Waals surface area contributed by atoms with Gasteiger partial charge in [-0.1, -0.05) is 0 Å². The van der Waals surface area contributed by atoms with Crippen LogP contribution in [-0.2, 0) is 0 Å².